The van der Waals surface area contributed by atoms with E-state index in [1.54, 1.807) is 23.4 Å². The van der Waals surface area contributed by atoms with Crippen molar-refractivity contribution >= 4 is 29.3 Å². The average molecular weight is 261 g/mol. The first kappa shape index (κ1) is 12.7. The molecule has 5 heteroatoms. The minimum Gasteiger partial charge on any atom is -0.328 e. The molecule has 0 unspecified atom stereocenters. The Morgan fingerprint density at radius 1 is 1.44 bits per heavy atom. The van der Waals surface area contributed by atoms with E-state index in [4.69, 9.17) is 12.2 Å². The molecule has 94 valence electrons. The molecule has 1 aliphatic heterocycles. The second kappa shape index (κ2) is 5.73. The van der Waals surface area contributed by atoms with Crippen LogP contribution in [0.4, 0.5) is 0 Å². The summed E-state index contributed by atoms with van der Waals surface area (Å²) < 4.78 is 0. The molecule has 0 bridgehead atoms. The van der Waals surface area contributed by atoms with Gasteiger partial charge in [-0.1, -0.05) is 13.3 Å². The van der Waals surface area contributed by atoms with E-state index >= 15 is 0 Å². The molecule has 18 heavy (non-hydrogen) atoms. The van der Waals surface area contributed by atoms with Gasteiger partial charge in [0.2, 0.25) is 0 Å². The van der Waals surface area contributed by atoms with Crippen LogP contribution in [-0.4, -0.2) is 27.4 Å². The number of thiocarbonyl (C=S) groups is 1. The van der Waals surface area contributed by atoms with Crippen molar-refractivity contribution < 1.29 is 4.79 Å². The summed E-state index contributed by atoms with van der Waals surface area (Å²) in [4.78, 5) is 17.7. The van der Waals surface area contributed by atoms with Gasteiger partial charge in [0.05, 0.1) is 0 Å². The molecule has 0 radical (unpaired) electrons. The predicted molar refractivity (Wildman–Crippen MR) is 74.6 cm³/mol. The lowest BCUT2D eigenvalue weighted by atomic mass is 10.2. The minimum absolute atomic E-state index is 0.0507. The van der Waals surface area contributed by atoms with Crippen LogP contribution in [0.5, 0.6) is 0 Å². The summed E-state index contributed by atoms with van der Waals surface area (Å²) in [5.41, 5.74) is 1.46. The molecule has 1 aromatic rings. The summed E-state index contributed by atoms with van der Waals surface area (Å²) in [7, 11) is 0. The van der Waals surface area contributed by atoms with Crippen LogP contribution in [0.2, 0.25) is 0 Å². The van der Waals surface area contributed by atoms with Crippen LogP contribution in [0, 0.1) is 0 Å². The maximum atomic E-state index is 12.1. The Morgan fingerprint density at radius 2 is 2.17 bits per heavy atom. The van der Waals surface area contributed by atoms with Crippen molar-refractivity contribution in [3.05, 3.63) is 35.8 Å². The molecule has 1 fully saturated rings. The molecule has 0 spiro atoms. The molecule has 2 heterocycles. The molecule has 0 aliphatic carbocycles. The third kappa shape index (κ3) is 2.73. The SMILES string of the molecule is CCCCN1C(=O)/C(=C\c2ccncc2)NC1=S. The summed E-state index contributed by atoms with van der Waals surface area (Å²) in [6.07, 6.45) is 7.17. The number of hydrogen-bond acceptors (Lipinski definition) is 3. The van der Waals surface area contributed by atoms with Crippen LogP contribution in [-0.2, 0) is 4.79 Å². The molecule has 1 aromatic heterocycles. The van der Waals surface area contributed by atoms with Gasteiger partial charge in [0.1, 0.15) is 5.70 Å². The Morgan fingerprint density at radius 3 is 2.83 bits per heavy atom. The van der Waals surface area contributed by atoms with Crippen molar-refractivity contribution in [3.8, 4) is 0 Å². The second-order valence-corrected chi connectivity index (χ2v) is 4.47. The van der Waals surface area contributed by atoms with Gasteiger partial charge >= 0.3 is 0 Å². The van der Waals surface area contributed by atoms with Crippen molar-refractivity contribution in [1.29, 1.82) is 0 Å². The van der Waals surface area contributed by atoms with Crippen LogP contribution in [0.1, 0.15) is 25.3 Å². The number of nitrogens with zero attached hydrogens (tertiary/aromatic N) is 2. The van der Waals surface area contributed by atoms with Gasteiger partial charge in [-0.05, 0) is 42.4 Å². The lowest BCUT2D eigenvalue weighted by Crippen LogP contribution is -2.31. The van der Waals surface area contributed by atoms with Gasteiger partial charge in [0.25, 0.3) is 5.91 Å². The molecule has 0 saturated carbocycles. The van der Waals surface area contributed by atoms with Crippen molar-refractivity contribution in [2.45, 2.75) is 19.8 Å². The summed E-state index contributed by atoms with van der Waals surface area (Å²) in [6.45, 7) is 2.76. The van der Waals surface area contributed by atoms with Crippen LogP contribution >= 0.6 is 12.2 Å². The fraction of sp³-hybridized carbons (Fsp3) is 0.308. The quantitative estimate of drug-likeness (QED) is 0.664. The smallest absolute Gasteiger partial charge is 0.276 e. The van der Waals surface area contributed by atoms with E-state index in [-0.39, 0.29) is 5.91 Å². The Balaban J connectivity index is 2.15. The molecule has 0 atom stereocenters. The molecule has 1 N–H and O–H groups in total. The Labute approximate surface area is 112 Å². The summed E-state index contributed by atoms with van der Waals surface area (Å²) in [6, 6.07) is 3.69. The zero-order valence-corrected chi connectivity index (χ0v) is 11.0. The number of aromatic nitrogens is 1. The summed E-state index contributed by atoms with van der Waals surface area (Å²) in [5, 5.41) is 3.45. The van der Waals surface area contributed by atoms with Crippen molar-refractivity contribution in [1.82, 2.24) is 15.2 Å². The maximum Gasteiger partial charge on any atom is 0.276 e. The number of carbonyl (C=O) groups excluding carboxylic acids is 1. The Hall–Kier alpha value is -1.75. The van der Waals surface area contributed by atoms with E-state index in [1.807, 2.05) is 12.1 Å². The summed E-state index contributed by atoms with van der Waals surface area (Å²) in [5.74, 6) is -0.0507. The minimum atomic E-state index is -0.0507. The fourth-order valence-corrected chi connectivity index (χ4v) is 2.00. The highest BCUT2D eigenvalue weighted by molar-refractivity contribution is 7.80. The van der Waals surface area contributed by atoms with Crippen molar-refractivity contribution in [3.63, 3.8) is 0 Å². The Bertz CT molecular complexity index is 484. The zero-order chi connectivity index (χ0) is 13.0. The van der Waals surface area contributed by atoms with Crippen molar-refractivity contribution in [2.24, 2.45) is 0 Å². The molecule has 1 saturated heterocycles. The van der Waals surface area contributed by atoms with E-state index in [0.29, 0.717) is 17.4 Å². The highest BCUT2D eigenvalue weighted by atomic mass is 32.1. The number of amides is 1. The number of hydrogen-bond donors (Lipinski definition) is 1. The average Bonchev–Trinajstić information content (AvgIpc) is 2.64. The standard InChI is InChI=1S/C13H15N3OS/c1-2-3-8-16-12(17)11(15-13(16)18)9-10-4-6-14-7-5-10/h4-7,9H,2-3,8H2,1H3,(H,15,18)/b11-9+. The maximum absolute atomic E-state index is 12.1. The normalized spacial score (nSPS) is 17.4. The monoisotopic (exact) mass is 261 g/mol. The number of carbonyl (C=O) groups is 1. The Kier molecular flexibility index (Phi) is 4.04. The molecule has 4 nitrogen and oxygen atoms in total. The number of unbranched alkanes of at least 4 members (excludes halogenated alkanes) is 1. The van der Waals surface area contributed by atoms with Gasteiger partial charge in [-0.25, -0.2) is 0 Å². The van der Waals surface area contributed by atoms with Gasteiger partial charge in [-0.15, -0.1) is 0 Å². The molecule has 1 aliphatic rings. The van der Waals surface area contributed by atoms with Crippen LogP contribution in [0.25, 0.3) is 6.08 Å². The topological polar surface area (TPSA) is 45.2 Å². The van der Waals surface area contributed by atoms with Gasteiger partial charge < -0.3 is 5.32 Å². The first-order chi connectivity index (χ1) is 8.72. The first-order valence-electron chi connectivity index (χ1n) is 5.97. The summed E-state index contributed by atoms with van der Waals surface area (Å²) >= 11 is 5.16. The van der Waals surface area contributed by atoms with E-state index in [1.165, 1.54) is 0 Å². The van der Waals surface area contributed by atoms with Gasteiger partial charge in [0.15, 0.2) is 5.11 Å². The zero-order valence-electron chi connectivity index (χ0n) is 10.2. The molecular formula is C13H15N3OS. The fourth-order valence-electron chi connectivity index (χ4n) is 1.72. The lowest BCUT2D eigenvalue weighted by molar-refractivity contribution is -0.122. The van der Waals surface area contributed by atoms with Crippen LogP contribution in [0.15, 0.2) is 30.2 Å². The molecule has 0 aromatic carbocycles. The molecule has 2 rings (SSSR count). The molecule has 1 amide bonds. The predicted octanol–water partition coefficient (Wildman–Crippen LogP) is 1.94. The highest BCUT2D eigenvalue weighted by Gasteiger charge is 2.29. The first-order valence-corrected chi connectivity index (χ1v) is 6.37. The van der Waals surface area contributed by atoms with Gasteiger partial charge in [0, 0.05) is 18.9 Å². The van der Waals surface area contributed by atoms with Crippen molar-refractivity contribution in [2.75, 3.05) is 6.54 Å². The second-order valence-electron chi connectivity index (χ2n) is 4.08. The number of pyridine rings is 1. The van der Waals surface area contributed by atoms with Crippen LogP contribution < -0.4 is 5.32 Å². The van der Waals surface area contributed by atoms with Crippen LogP contribution in [0.3, 0.4) is 0 Å². The third-order valence-electron chi connectivity index (χ3n) is 2.71. The van der Waals surface area contributed by atoms with E-state index in [0.717, 1.165) is 18.4 Å². The van der Waals surface area contributed by atoms with E-state index < -0.39 is 0 Å². The van der Waals surface area contributed by atoms with Gasteiger partial charge in [-0.2, -0.15) is 0 Å². The van der Waals surface area contributed by atoms with E-state index in [2.05, 4.69) is 17.2 Å². The number of nitrogens with one attached hydrogen (secondary N) is 1. The third-order valence-corrected chi connectivity index (χ3v) is 3.04. The van der Waals surface area contributed by atoms with Gasteiger partial charge in [-0.3, -0.25) is 14.7 Å². The highest BCUT2D eigenvalue weighted by Crippen LogP contribution is 2.14. The number of rotatable bonds is 4. The van der Waals surface area contributed by atoms with E-state index in [9.17, 15) is 4.79 Å². The largest absolute Gasteiger partial charge is 0.328 e. The molecular weight excluding hydrogens is 246 g/mol. The lowest BCUT2D eigenvalue weighted by Gasteiger charge is -2.12.